The van der Waals surface area contributed by atoms with E-state index in [0.717, 1.165) is 23.1 Å². The zero-order valence-electron chi connectivity index (χ0n) is 17.9. The molecule has 0 unspecified atom stereocenters. The van der Waals surface area contributed by atoms with E-state index in [4.69, 9.17) is 4.74 Å². The fourth-order valence-electron chi connectivity index (χ4n) is 3.15. The van der Waals surface area contributed by atoms with Gasteiger partial charge in [0, 0.05) is 0 Å². The minimum Gasteiger partial charge on any atom is -0.476 e. The van der Waals surface area contributed by atoms with Crippen molar-refractivity contribution in [2.75, 3.05) is 29.0 Å². The van der Waals surface area contributed by atoms with Gasteiger partial charge >= 0.3 is 5.97 Å². The third kappa shape index (κ3) is 5.66. The van der Waals surface area contributed by atoms with Crippen LogP contribution in [-0.2, 0) is 30.1 Å². The number of hydrogen-bond acceptors (Lipinski definition) is 10. The lowest BCUT2D eigenvalue weighted by Crippen LogP contribution is -2.49. The van der Waals surface area contributed by atoms with Gasteiger partial charge in [-0.05, 0) is 17.7 Å². The standard InChI is InChI=1S/C21H20N4O6S3/c1-30-18(26)12-32-21-24-23-20(33-21)22-19(27)17-11-25(15-9-5-6-10-16(15)31-17)34(28,29)13-14-7-3-2-4-8-14/h2-10,17H,11-13H2,1H3,(H,22,23,27)/t17-/m1/s1. The van der Waals surface area contributed by atoms with Crippen molar-refractivity contribution in [2.45, 2.75) is 16.2 Å². The molecule has 0 radical (unpaired) electrons. The van der Waals surface area contributed by atoms with Crippen molar-refractivity contribution in [3.8, 4) is 5.75 Å². The van der Waals surface area contributed by atoms with Crippen molar-refractivity contribution < 1.29 is 27.5 Å². The third-order valence-electron chi connectivity index (χ3n) is 4.73. The van der Waals surface area contributed by atoms with Gasteiger partial charge in [-0.25, -0.2) is 8.42 Å². The van der Waals surface area contributed by atoms with Crippen LogP contribution in [0.5, 0.6) is 5.75 Å². The van der Waals surface area contributed by atoms with Crippen LogP contribution in [-0.4, -0.2) is 56.0 Å². The van der Waals surface area contributed by atoms with E-state index in [-0.39, 0.29) is 28.9 Å². The summed E-state index contributed by atoms with van der Waals surface area (Å²) in [6.45, 7) is -0.194. The Bertz CT molecular complexity index is 1280. The van der Waals surface area contributed by atoms with Crippen molar-refractivity contribution in [1.29, 1.82) is 0 Å². The van der Waals surface area contributed by atoms with E-state index in [1.54, 1.807) is 48.5 Å². The minimum atomic E-state index is -3.80. The quantitative estimate of drug-likeness (QED) is 0.271. The lowest BCUT2D eigenvalue weighted by Gasteiger charge is -2.34. The number of aromatic nitrogens is 2. The molecular formula is C21H20N4O6S3. The molecule has 0 fully saturated rings. The van der Waals surface area contributed by atoms with Crippen molar-refractivity contribution >= 4 is 55.8 Å². The number of carbonyl (C=O) groups excluding carboxylic acids is 2. The number of carbonyl (C=O) groups is 2. The Hall–Kier alpha value is -3.16. The first-order valence-corrected chi connectivity index (χ1v) is 13.4. The second-order valence-corrected chi connectivity index (χ2v) is 11.2. The zero-order valence-corrected chi connectivity index (χ0v) is 20.4. The molecule has 0 saturated heterocycles. The average molecular weight is 521 g/mol. The number of ether oxygens (including phenoxy) is 2. The van der Waals surface area contributed by atoms with Crippen LogP contribution in [0, 0.1) is 0 Å². The number of hydrogen-bond donors (Lipinski definition) is 1. The number of esters is 1. The Morgan fingerprint density at radius 2 is 1.91 bits per heavy atom. The molecule has 0 aliphatic carbocycles. The van der Waals surface area contributed by atoms with E-state index >= 15 is 0 Å². The number of rotatable bonds is 8. The second-order valence-electron chi connectivity index (χ2n) is 7.07. The molecule has 1 aromatic heterocycles. The van der Waals surface area contributed by atoms with E-state index in [1.807, 2.05) is 6.07 Å². The predicted molar refractivity (Wildman–Crippen MR) is 129 cm³/mol. The number of anilines is 2. The maximum absolute atomic E-state index is 13.3. The normalized spacial score (nSPS) is 15.2. The molecule has 1 aliphatic rings. The molecule has 4 rings (SSSR count). The molecule has 1 N–H and O–H groups in total. The molecule has 0 saturated carbocycles. The van der Waals surface area contributed by atoms with Gasteiger partial charge < -0.3 is 9.47 Å². The Morgan fingerprint density at radius 3 is 2.68 bits per heavy atom. The predicted octanol–water partition coefficient (Wildman–Crippen LogP) is 2.54. The van der Waals surface area contributed by atoms with Crippen molar-refractivity contribution in [3.63, 3.8) is 0 Å². The third-order valence-corrected chi connectivity index (χ3v) is 8.39. The molecule has 3 aromatic rings. The van der Waals surface area contributed by atoms with Crippen LogP contribution in [0.2, 0.25) is 0 Å². The first-order chi connectivity index (χ1) is 16.4. The summed E-state index contributed by atoms with van der Waals surface area (Å²) in [5.41, 5.74) is 1.01. The summed E-state index contributed by atoms with van der Waals surface area (Å²) in [6, 6.07) is 15.5. The fraction of sp³-hybridized carbons (Fsp3) is 0.238. The van der Waals surface area contributed by atoms with Crippen LogP contribution in [0.15, 0.2) is 58.9 Å². The van der Waals surface area contributed by atoms with E-state index in [0.29, 0.717) is 15.6 Å². The van der Waals surface area contributed by atoms with Gasteiger partial charge in [-0.2, -0.15) is 0 Å². The molecule has 1 aliphatic heterocycles. The molecule has 0 spiro atoms. The second kappa shape index (κ2) is 10.4. The van der Waals surface area contributed by atoms with E-state index in [2.05, 4.69) is 20.3 Å². The van der Waals surface area contributed by atoms with Crippen molar-refractivity contribution in [3.05, 3.63) is 60.2 Å². The minimum absolute atomic E-state index is 0.0653. The number of nitrogens with one attached hydrogen (secondary N) is 1. The summed E-state index contributed by atoms with van der Waals surface area (Å²) in [5, 5.41) is 10.6. The molecule has 178 valence electrons. The first-order valence-electron chi connectivity index (χ1n) is 10.00. The maximum Gasteiger partial charge on any atom is 0.316 e. The Balaban J connectivity index is 1.50. The summed E-state index contributed by atoms with van der Waals surface area (Å²) in [6.07, 6.45) is -1.10. The van der Waals surface area contributed by atoms with Crippen LogP contribution >= 0.6 is 23.1 Å². The maximum atomic E-state index is 13.3. The SMILES string of the molecule is COC(=O)CSc1nnc(NC(=O)[C@H]2CN(S(=O)(=O)Cc3ccccc3)c3ccccc3O2)s1. The van der Waals surface area contributed by atoms with Gasteiger partial charge in [-0.15, -0.1) is 10.2 Å². The molecule has 34 heavy (non-hydrogen) atoms. The smallest absolute Gasteiger partial charge is 0.316 e. The topological polar surface area (TPSA) is 128 Å². The Labute approximate surface area is 204 Å². The van der Waals surface area contributed by atoms with Crippen molar-refractivity contribution in [2.24, 2.45) is 0 Å². The van der Waals surface area contributed by atoms with Gasteiger partial charge in [-0.1, -0.05) is 65.6 Å². The largest absolute Gasteiger partial charge is 0.476 e. The number of para-hydroxylation sites is 2. The molecule has 10 nitrogen and oxygen atoms in total. The number of nitrogens with zero attached hydrogens (tertiary/aromatic N) is 3. The lowest BCUT2D eigenvalue weighted by atomic mass is 10.2. The molecule has 2 heterocycles. The summed E-state index contributed by atoms with van der Waals surface area (Å²) in [4.78, 5) is 24.2. The number of amides is 1. The molecule has 1 atom stereocenters. The van der Waals surface area contributed by atoms with Crippen LogP contribution in [0.25, 0.3) is 0 Å². The Morgan fingerprint density at radius 1 is 1.18 bits per heavy atom. The first kappa shape index (κ1) is 24.0. The monoisotopic (exact) mass is 520 g/mol. The molecule has 13 heteroatoms. The van der Waals surface area contributed by atoms with E-state index in [1.165, 1.54) is 11.4 Å². The highest BCUT2D eigenvalue weighted by Gasteiger charge is 2.37. The number of thioether (sulfide) groups is 1. The number of sulfonamides is 1. The number of fused-ring (bicyclic) bond motifs is 1. The van der Waals surface area contributed by atoms with Crippen LogP contribution < -0.4 is 14.4 Å². The van der Waals surface area contributed by atoms with Gasteiger partial charge in [0.05, 0.1) is 30.8 Å². The lowest BCUT2D eigenvalue weighted by molar-refractivity contribution is -0.137. The highest BCUT2D eigenvalue weighted by molar-refractivity contribution is 8.01. The van der Waals surface area contributed by atoms with Gasteiger partial charge in [0.15, 0.2) is 10.4 Å². The molecule has 1 amide bonds. The summed E-state index contributed by atoms with van der Waals surface area (Å²) < 4.78 is 38.6. The van der Waals surface area contributed by atoms with Gasteiger partial charge in [0.1, 0.15) is 5.75 Å². The summed E-state index contributed by atoms with van der Waals surface area (Å²) >= 11 is 2.22. The Kier molecular flexibility index (Phi) is 7.34. The molecule has 2 aromatic carbocycles. The molecule has 0 bridgehead atoms. The highest BCUT2D eigenvalue weighted by atomic mass is 32.2. The van der Waals surface area contributed by atoms with Crippen LogP contribution in [0.3, 0.4) is 0 Å². The van der Waals surface area contributed by atoms with Crippen molar-refractivity contribution in [1.82, 2.24) is 10.2 Å². The zero-order chi connectivity index (χ0) is 24.1. The highest BCUT2D eigenvalue weighted by Crippen LogP contribution is 2.36. The van der Waals surface area contributed by atoms with Gasteiger partial charge in [0.2, 0.25) is 15.2 Å². The summed E-state index contributed by atoms with van der Waals surface area (Å²) in [7, 11) is -2.51. The van der Waals surface area contributed by atoms with Gasteiger partial charge in [0.25, 0.3) is 5.91 Å². The number of benzene rings is 2. The fourth-order valence-corrected chi connectivity index (χ4v) is 6.32. The van der Waals surface area contributed by atoms with Crippen LogP contribution in [0.4, 0.5) is 10.8 Å². The average Bonchev–Trinajstić information content (AvgIpc) is 3.29. The van der Waals surface area contributed by atoms with Crippen LogP contribution in [0.1, 0.15) is 5.56 Å². The van der Waals surface area contributed by atoms with E-state index in [9.17, 15) is 18.0 Å². The van der Waals surface area contributed by atoms with Gasteiger partial charge in [-0.3, -0.25) is 19.2 Å². The summed E-state index contributed by atoms with van der Waals surface area (Å²) in [5.74, 6) is -0.826. The molecular weight excluding hydrogens is 500 g/mol. The van der Waals surface area contributed by atoms with E-state index < -0.39 is 28.0 Å². The number of methoxy groups -OCH3 is 1.